The number of aliphatic carboxylic acids is 1. The Hall–Kier alpha value is -2.34. The highest BCUT2D eigenvalue weighted by Gasteiger charge is 2.15. The minimum absolute atomic E-state index is 0. The Morgan fingerprint density at radius 3 is 2.81 bits per heavy atom. The lowest BCUT2D eigenvalue weighted by Gasteiger charge is -2.10. The Balaban J connectivity index is 0.00000161. The zero-order chi connectivity index (χ0) is 14.3. The minimum Gasteiger partial charge on any atom is -0.480 e. The molecule has 7 heteroatoms. The molecule has 21 heavy (non-hydrogen) atoms. The summed E-state index contributed by atoms with van der Waals surface area (Å²) in [7, 11) is 1.83. The third-order valence-corrected chi connectivity index (χ3v) is 3.26. The fourth-order valence-corrected chi connectivity index (χ4v) is 2.45. The fraction of sp³-hybridized carbons (Fsp3) is 0.214. The van der Waals surface area contributed by atoms with Gasteiger partial charge in [-0.05, 0) is 13.0 Å². The van der Waals surface area contributed by atoms with Gasteiger partial charge in [0.25, 0.3) is 0 Å². The van der Waals surface area contributed by atoms with E-state index >= 15 is 0 Å². The number of hydrogen-bond acceptors (Lipinski definition) is 4. The fourth-order valence-electron chi connectivity index (χ4n) is 2.45. The molecule has 0 fully saturated rings. The van der Waals surface area contributed by atoms with Gasteiger partial charge in [-0.3, -0.25) is 9.48 Å². The molecule has 2 heterocycles. The zero-order valence-electron chi connectivity index (χ0n) is 11.6. The van der Waals surface area contributed by atoms with Crippen molar-refractivity contribution in [3.8, 4) is 0 Å². The highest BCUT2D eigenvalue weighted by atomic mass is 35.5. The number of pyridine rings is 1. The second-order valence-electron chi connectivity index (χ2n) is 4.66. The van der Waals surface area contributed by atoms with Crippen molar-refractivity contribution in [2.24, 2.45) is 7.05 Å². The number of para-hydroxylation sites is 1. The molecule has 6 nitrogen and oxygen atoms in total. The molecule has 3 rings (SSSR count). The average Bonchev–Trinajstić information content (AvgIpc) is 2.70. The molecule has 0 aliphatic heterocycles. The molecule has 2 N–H and O–H groups in total. The van der Waals surface area contributed by atoms with Crippen molar-refractivity contribution in [3.05, 3.63) is 30.0 Å². The highest BCUT2D eigenvalue weighted by Crippen LogP contribution is 2.32. The third-order valence-electron chi connectivity index (χ3n) is 3.26. The van der Waals surface area contributed by atoms with Crippen LogP contribution in [0.3, 0.4) is 0 Å². The van der Waals surface area contributed by atoms with Crippen molar-refractivity contribution < 1.29 is 9.90 Å². The lowest BCUT2D eigenvalue weighted by atomic mass is 10.1. The van der Waals surface area contributed by atoms with E-state index in [1.54, 1.807) is 4.68 Å². The van der Waals surface area contributed by atoms with Crippen LogP contribution in [0.4, 0.5) is 5.69 Å². The van der Waals surface area contributed by atoms with Crippen LogP contribution in [0, 0.1) is 6.92 Å². The summed E-state index contributed by atoms with van der Waals surface area (Å²) >= 11 is 0. The number of aromatic nitrogens is 3. The first kappa shape index (κ1) is 15.1. The smallest absolute Gasteiger partial charge is 0.322 e. The Bertz CT molecular complexity index is 829. The Kier molecular flexibility index (Phi) is 3.99. The van der Waals surface area contributed by atoms with Gasteiger partial charge >= 0.3 is 5.97 Å². The first-order valence-electron chi connectivity index (χ1n) is 6.25. The molecule has 2 aromatic heterocycles. The Morgan fingerprint density at radius 1 is 1.38 bits per heavy atom. The summed E-state index contributed by atoms with van der Waals surface area (Å²) in [5.41, 5.74) is 3.16. The number of carboxylic acids is 1. The summed E-state index contributed by atoms with van der Waals surface area (Å²) in [6.45, 7) is 1.75. The summed E-state index contributed by atoms with van der Waals surface area (Å²) in [5, 5.41) is 18.0. The van der Waals surface area contributed by atoms with Crippen molar-refractivity contribution in [2.75, 3.05) is 11.9 Å². The summed E-state index contributed by atoms with van der Waals surface area (Å²) < 4.78 is 1.71. The number of aryl methyl sites for hydroxylation is 2. The highest BCUT2D eigenvalue weighted by molar-refractivity contribution is 6.08. The monoisotopic (exact) mass is 306 g/mol. The van der Waals surface area contributed by atoms with E-state index in [1.807, 2.05) is 38.2 Å². The van der Waals surface area contributed by atoms with Gasteiger partial charge in [0.05, 0.1) is 22.3 Å². The molecule has 0 atom stereocenters. The standard InChI is InChI=1S/C14H14N4O2.ClH/c1-8-12-13(15-7-11(19)20)9-5-3-4-6-10(9)16-14(12)18(2)17-8;/h3-6H,7H2,1-2H3,(H,15,16)(H,19,20);1H. The predicted octanol–water partition coefficient (Wildman–Crippen LogP) is 2.35. The van der Waals surface area contributed by atoms with Crippen LogP contribution in [0.2, 0.25) is 0 Å². The van der Waals surface area contributed by atoms with Crippen molar-refractivity contribution in [2.45, 2.75) is 6.92 Å². The molecule has 0 unspecified atom stereocenters. The number of carbonyl (C=O) groups is 1. The number of halogens is 1. The Labute approximate surface area is 127 Å². The first-order chi connectivity index (χ1) is 9.58. The van der Waals surface area contributed by atoms with Crippen LogP contribution in [0.25, 0.3) is 21.9 Å². The predicted molar refractivity (Wildman–Crippen MR) is 84.1 cm³/mol. The van der Waals surface area contributed by atoms with Crippen LogP contribution in [-0.4, -0.2) is 32.4 Å². The van der Waals surface area contributed by atoms with Crippen LogP contribution in [0.5, 0.6) is 0 Å². The lowest BCUT2D eigenvalue weighted by Crippen LogP contribution is -2.13. The molecular weight excluding hydrogens is 292 g/mol. The maximum absolute atomic E-state index is 10.8. The van der Waals surface area contributed by atoms with Crippen LogP contribution in [-0.2, 0) is 11.8 Å². The number of nitrogens with one attached hydrogen (secondary N) is 1. The van der Waals surface area contributed by atoms with Crippen molar-refractivity contribution >= 4 is 46.0 Å². The first-order valence-corrected chi connectivity index (χ1v) is 6.25. The molecule has 110 valence electrons. The van der Waals surface area contributed by atoms with E-state index < -0.39 is 5.97 Å². The van der Waals surface area contributed by atoms with E-state index in [-0.39, 0.29) is 19.0 Å². The molecule has 0 aliphatic carbocycles. The molecule has 0 saturated heterocycles. The van der Waals surface area contributed by atoms with Gasteiger partial charge in [-0.2, -0.15) is 5.10 Å². The summed E-state index contributed by atoms with van der Waals surface area (Å²) in [5.74, 6) is -0.902. The Morgan fingerprint density at radius 2 is 2.10 bits per heavy atom. The molecule has 0 radical (unpaired) electrons. The summed E-state index contributed by atoms with van der Waals surface area (Å²) in [4.78, 5) is 15.4. The van der Waals surface area contributed by atoms with Gasteiger partial charge in [0.1, 0.15) is 6.54 Å². The maximum Gasteiger partial charge on any atom is 0.322 e. The van der Waals surface area contributed by atoms with E-state index in [4.69, 9.17) is 5.11 Å². The van der Waals surface area contributed by atoms with E-state index in [9.17, 15) is 4.79 Å². The summed E-state index contributed by atoms with van der Waals surface area (Å²) in [6.07, 6.45) is 0. The van der Waals surface area contributed by atoms with E-state index in [0.29, 0.717) is 0 Å². The van der Waals surface area contributed by atoms with Crippen molar-refractivity contribution in [1.29, 1.82) is 0 Å². The summed E-state index contributed by atoms with van der Waals surface area (Å²) in [6, 6.07) is 7.65. The molecule has 0 saturated carbocycles. The molecule has 3 aromatic rings. The third kappa shape index (κ3) is 2.50. The van der Waals surface area contributed by atoms with Crippen LogP contribution >= 0.6 is 12.4 Å². The van der Waals surface area contributed by atoms with Crippen LogP contribution < -0.4 is 5.32 Å². The zero-order valence-corrected chi connectivity index (χ0v) is 12.4. The van der Waals surface area contributed by atoms with Gasteiger partial charge in [0, 0.05) is 12.4 Å². The number of benzene rings is 1. The van der Waals surface area contributed by atoms with E-state index in [0.717, 1.165) is 33.3 Å². The lowest BCUT2D eigenvalue weighted by molar-refractivity contribution is -0.134. The number of fused-ring (bicyclic) bond motifs is 2. The van der Waals surface area contributed by atoms with Gasteiger partial charge in [-0.25, -0.2) is 4.98 Å². The molecule has 0 spiro atoms. The molecule has 0 aliphatic rings. The van der Waals surface area contributed by atoms with E-state index in [2.05, 4.69) is 15.4 Å². The number of nitrogens with zero attached hydrogens (tertiary/aromatic N) is 3. The van der Waals surface area contributed by atoms with Crippen LogP contribution in [0.15, 0.2) is 24.3 Å². The molecule has 0 amide bonds. The number of rotatable bonds is 3. The minimum atomic E-state index is -0.902. The van der Waals surface area contributed by atoms with E-state index in [1.165, 1.54) is 0 Å². The topological polar surface area (TPSA) is 80.0 Å². The van der Waals surface area contributed by atoms with Crippen molar-refractivity contribution in [1.82, 2.24) is 14.8 Å². The number of carboxylic acid groups (broad SMARTS) is 1. The maximum atomic E-state index is 10.8. The van der Waals surface area contributed by atoms with Gasteiger partial charge in [0.2, 0.25) is 0 Å². The van der Waals surface area contributed by atoms with Gasteiger partial charge in [0.15, 0.2) is 5.65 Å². The van der Waals surface area contributed by atoms with Crippen LogP contribution in [0.1, 0.15) is 5.69 Å². The molecular formula is C14H15ClN4O2. The SMILES string of the molecule is Cc1nn(C)c2nc3ccccc3c(NCC(=O)O)c12.Cl. The number of anilines is 1. The number of hydrogen-bond donors (Lipinski definition) is 2. The molecule has 1 aromatic carbocycles. The second-order valence-corrected chi connectivity index (χ2v) is 4.66. The molecule has 0 bridgehead atoms. The average molecular weight is 307 g/mol. The van der Waals surface area contributed by atoms with Gasteiger partial charge in [-0.1, -0.05) is 18.2 Å². The second kappa shape index (κ2) is 5.57. The van der Waals surface area contributed by atoms with Gasteiger partial charge < -0.3 is 10.4 Å². The largest absolute Gasteiger partial charge is 0.480 e. The van der Waals surface area contributed by atoms with Crippen molar-refractivity contribution in [3.63, 3.8) is 0 Å². The normalized spacial score (nSPS) is 10.6. The van der Waals surface area contributed by atoms with Gasteiger partial charge in [-0.15, -0.1) is 12.4 Å². The quantitative estimate of drug-likeness (QED) is 0.776.